The third-order valence-electron chi connectivity index (χ3n) is 5.40. The van der Waals surface area contributed by atoms with Crippen molar-refractivity contribution in [1.29, 1.82) is 0 Å². The molecule has 0 saturated carbocycles. The standard InChI is InChI=1S/C27H51N3O3/c1-5-7-9-11-13-15-18-26(32)28-24(3)22-30(20-17-21-31)23-25(4)29-27(33)19-16-14-12-10-8-6-2/h13-16,24-25,31H,5-12,17-23H2,1-4H3,(H,28,32)(H,29,33)/b15-13+,16-14+. The Morgan fingerprint density at radius 3 is 1.61 bits per heavy atom. The van der Waals surface area contributed by atoms with Crippen molar-refractivity contribution in [3.05, 3.63) is 24.3 Å². The van der Waals surface area contributed by atoms with E-state index in [-0.39, 0.29) is 30.5 Å². The van der Waals surface area contributed by atoms with Gasteiger partial charge in [-0.05, 0) is 46.0 Å². The van der Waals surface area contributed by atoms with Crippen LogP contribution in [0.25, 0.3) is 0 Å². The molecule has 0 heterocycles. The number of carbonyl (C=O) groups is 2. The molecule has 192 valence electrons. The van der Waals surface area contributed by atoms with Crippen molar-refractivity contribution >= 4 is 11.8 Å². The molecule has 0 spiro atoms. The summed E-state index contributed by atoms with van der Waals surface area (Å²) >= 11 is 0. The maximum Gasteiger partial charge on any atom is 0.224 e. The van der Waals surface area contributed by atoms with Crippen LogP contribution in [0.3, 0.4) is 0 Å². The molecule has 3 N–H and O–H groups in total. The molecule has 0 saturated heterocycles. The van der Waals surface area contributed by atoms with Gasteiger partial charge in [-0.2, -0.15) is 0 Å². The summed E-state index contributed by atoms with van der Waals surface area (Å²) in [5.41, 5.74) is 0. The van der Waals surface area contributed by atoms with Gasteiger partial charge in [-0.25, -0.2) is 0 Å². The zero-order chi connectivity index (χ0) is 24.7. The first-order valence-corrected chi connectivity index (χ1v) is 13.1. The lowest BCUT2D eigenvalue weighted by atomic mass is 10.2. The zero-order valence-electron chi connectivity index (χ0n) is 21.8. The molecule has 0 rings (SSSR count). The largest absolute Gasteiger partial charge is 0.396 e. The van der Waals surface area contributed by atoms with Crippen molar-refractivity contribution in [2.45, 2.75) is 110 Å². The fourth-order valence-corrected chi connectivity index (χ4v) is 3.73. The predicted molar refractivity (Wildman–Crippen MR) is 139 cm³/mol. The Kier molecular flexibility index (Phi) is 21.0. The van der Waals surface area contributed by atoms with Gasteiger partial charge < -0.3 is 15.7 Å². The Bertz CT molecular complexity index is 505. The molecule has 0 radical (unpaired) electrons. The average molecular weight is 466 g/mol. The van der Waals surface area contributed by atoms with Crippen LogP contribution in [0.4, 0.5) is 0 Å². The Morgan fingerprint density at radius 1 is 0.758 bits per heavy atom. The molecule has 0 aliphatic rings. The minimum absolute atomic E-state index is 0.00126. The van der Waals surface area contributed by atoms with E-state index in [1.54, 1.807) is 0 Å². The fourth-order valence-electron chi connectivity index (χ4n) is 3.73. The van der Waals surface area contributed by atoms with Crippen LogP contribution in [-0.4, -0.2) is 60.1 Å². The van der Waals surface area contributed by atoms with Crippen molar-refractivity contribution in [2.24, 2.45) is 0 Å². The molecule has 0 aromatic rings. The van der Waals surface area contributed by atoms with E-state index in [1.165, 1.54) is 38.5 Å². The summed E-state index contributed by atoms with van der Waals surface area (Å²) < 4.78 is 0. The first kappa shape index (κ1) is 31.3. The molecule has 2 unspecified atom stereocenters. The van der Waals surface area contributed by atoms with E-state index in [9.17, 15) is 14.7 Å². The number of aliphatic hydroxyl groups is 1. The lowest BCUT2D eigenvalue weighted by molar-refractivity contribution is -0.121. The van der Waals surface area contributed by atoms with Crippen LogP contribution in [0, 0.1) is 0 Å². The molecule has 0 aromatic carbocycles. The van der Waals surface area contributed by atoms with E-state index in [0.29, 0.717) is 32.4 Å². The second-order valence-electron chi connectivity index (χ2n) is 9.12. The fraction of sp³-hybridized carbons (Fsp3) is 0.778. The topological polar surface area (TPSA) is 81.7 Å². The minimum Gasteiger partial charge on any atom is -0.396 e. The minimum atomic E-state index is -0.00126. The highest BCUT2D eigenvalue weighted by Gasteiger charge is 2.16. The SMILES string of the molecule is CCCCC/C=C/CC(=O)NC(C)CN(CCCO)CC(C)NC(=O)C/C=C/CCCCC. The number of hydrogen-bond donors (Lipinski definition) is 3. The van der Waals surface area contributed by atoms with Crippen molar-refractivity contribution in [3.63, 3.8) is 0 Å². The van der Waals surface area contributed by atoms with Crippen LogP contribution in [-0.2, 0) is 9.59 Å². The quantitative estimate of drug-likeness (QED) is 0.169. The Labute approximate surface area is 203 Å². The zero-order valence-corrected chi connectivity index (χ0v) is 21.8. The van der Waals surface area contributed by atoms with Gasteiger partial charge in [0.15, 0.2) is 0 Å². The third kappa shape index (κ3) is 20.7. The van der Waals surface area contributed by atoms with Gasteiger partial charge in [0, 0.05) is 51.2 Å². The number of rotatable bonds is 21. The Morgan fingerprint density at radius 2 is 1.21 bits per heavy atom. The summed E-state index contributed by atoms with van der Waals surface area (Å²) in [6.07, 6.45) is 18.9. The molecule has 2 amide bonds. The van der Waals surface area contributed by atoms with E-state index in [4.69, 9.17) is 0 Å². The summed E-state index contributed by atoms with van der Waals surface area (Å²) in [6, 6.07) is -0.00252. The summed E-state index contributed by atoms with van der Waals surface area (Å²) in [5, 5.41) is 15.4. The Hall–Kier alpha value is -1.66. The third-order valence-corrected chi connectivity index (χ3v) is 5.40. The number of amides is 2. The molecule has 6 heteroatoms. The van der Waals surface area contributed by atoms with Gasteiger partial charge >= 0.3 is 0 Å². The lowest BCUT2D eigenvalue weighted by Crippen LogP contribution is -2.47. The van der Waals surface area contributed by atoms with Gasteiger partial charge in [0.1, 0.15) is 0 Å². The highest BCUT2D eigenvalue weighted by atomic mass is 16.3. The van der Waals surface area contributed by atoms with E-state index < -0.39 is 0 Å². The van der Waals surface area contributed by atoms with E-state index in [2.05, 4.69) is 41.5 Å². The van der Waals surface area contributed by atoms with Crippen LogP contribution in [0.5, 0.6) is 0 Å². The first-order chi connectivity index (χ1) is 15.9. The van der Waals surface area contributed by atoms with Crippen LogP contribution in [0.1, 0.15) is 98.3 Å². The number of nitrogens with zero attached hydrogens (tertiary/aromatic N) is 1. The molecule has 0 fully saturated rings. The number of unbranched alkanes of at least 4 members (excludes halogenated alkanes) is 6. The van der Waals surface area contributed by atoms with Crippen LogP contribution < -0.4 is 10.6 Å². The number of carbonyl (C=O) groups excluding carboxylic acids is 2. The smallest absolute Gasteiger partial charge is 0.224 e. The summed E-state index contributed by atoms with van der Waals surface area (Å²) in [7, 11) is 0. The summed E-state index contributed by atoms with van der Waals surface area (Å²) in [5.74, 6) is 0.0619. The second-order valence-corrected chi connectivity index (χ2v) is 9.12. The van der Waals surface area contributed by atoms with Crippen molar-refractivity contribution in [3.8, 4) is 0 Å². The molecule has 33 heavy (non-hydrogen) atoms. The molecular weight excluding hydrogens is 414 g/mol. The maximum absolute atomic E-state index is 12.2. The van der Waals surface area contributed by atoms with Gasteiger partial charge in [0.05, 0.1) is 0 Å². The number of allylic oxidation sites excluding steroid dienone is 2. The summed E-state index contributed by atoms with van der Waals surface area (Å²) in [6.45, 7) is 10.6. The average Bonchev–Trinajstić information content (AvgIpc) is 2.76. The molecule has 0 aromatic heterocycles. The predicted octanol–water partition coefficient (Wildman–Crippen LogP) is 4.73. The Balaban J connectivity index is 4.36. The number of aliphatic hydroxyl groups excluding tert-OH is 1. The van der Waals surface area contributed by atoms with Gasteiger partial charge in [-0.15, -0.1) is 0 Å². The van der Waals surface area contributed by atoms with E-state index >= 15 is 0 Å². The van der Waals surface area contributed by atoms with Gasteiger partial charge in [0.2, 0.25) is 11.8 Å². The monoisotopic (exact) mass is 465 g/mol. The molecular formula is C27H51N3O3. The molecule has 2 atom stereocenters. The van der Waals surface area contributed by atoms with Crippen LogP contribution in [0.15, 0.2) is 24.3 Å². The van der Waals surface area contributed by atoms with Crippen molar-refractivity contribution < 1.29 is 14.7 Å². The number of hydrogen-bond acceptors (Lipinski definition) is 4. The van der Waals surface area contributed by atoms with Gasteiger partial charge in [0.25, 0.3) is 0 Å². The molecule has 0 aliphatic carbocycles. The molecule has 0 aliphatic heterocycles. The number of nitrogens with one attached hydrogen (secondary N) is 2. The van der Waals surface area contributed by atoms with Crippen molar-refractivity contribution in [2.75, 3.05) is 26.2 Å². The van der Waals surface area contributed by atoms with E-state index in [0.717, 1.165) is 19.4 Å². The normalized spacial score (nSPS) is 13.6. The van der Waals surface area contributed by atoms with E-state index in [1.807, 2.05) is 26.0 Å². The maximum atomic E-state index is 12.2. The highest BCUT2D eigenvalue weighted by molar-refractivity contribution is 5.78. The van der Waals surface area contributed by atoms with Crippen LogP contribution in [0.2, 0.25) is 0 Å². The lowest BCUT2D eigenvalue weighted by Gasteiger charge is -2.29. The molecule has 0 bridgehead atoms. The van der Waals surface area contributed by atoms with Crippen LogP contribution >= 0.6 is 0 Å². The highest BCUT2D eigenvalue weighted by Crippen LogP contribution is 2.03. The van der Waals surface area contributed by atoms with Gasteiger partial charge in [-0.3, -0.25) is 14.5 Å². The van der Waals surface area contributed by atoms with Crippen molar-refractivity contribution in [1.82, 2.24) is 15.5 Å². The van der Waals surface area contributed by atoms with Gasteiger partial charge in [-0.1, -0.05) is 63.8 Å². The first-order valence-electron chi connectivity index (χ1n) is 13.1. The second kappa shape index (κ2) is 22.1. The molecule has 6 nitrogen and oxygen atoms in total. The summed E-state index contributed by atoms with van der Waals surface area (Å²) in [4.78, 5) is 26.6.